The molecule has 0 fully saturated rings. The largest absolute Gasteiger partial charge is 0.409 e. The Morgan fingerprint density at radius 2 is 2.36 bits per heavy atom. The lowest BCUT2D eigenvalue weighted by Gasteiger charge is -1.99. The molecule has 72 valence electrons. The summed E-state index contributed by atoms with van der Waals surface area (Å²) in [5.74, 6) is -0.0280. The highest BCUT2D eigenvalue weighted by Gasteiger charge is 2.09. The summed E-state index contributed by atoms with van der Waals surface area (Å²) in [6.07, 6.45) is 1.30. The minimum atomic E-state index is -0.0280. The zero-order valence-electron chi connectivity index (χ0n) is 6.92. The van der Waals surface area contributed by atoms with E-state index in [9.17, 15) is 0 Å². The van der Waals surface area contributed by atoms with E-state index in [-0.39, 0.29) is 5.84 Å². The molecule has 14 heavy (non-hydrogen) atoms. The molecule has 0 unspecified atom stereocenters. The Bertz CT molecular complexity index is 506. The van der Waals surface area contributed by atoms with Crippen molar-refractivity contribution in [1.82, 2.24) is 14.6 Å². The van der Waals surface area contributed by atoms with Gasteiger partial charge in [-0.15, -0.1) is 0 Å². The molecule has 2 heterocycles. The highest BCUT2D eigenvalue weighted by molar-refractivity contribution is 6.32. The zero-order chi connectivity index (χ0) is 10.1. The van der Waals surface area contributed by atoms with Gasteiger partial charge in [0.1, 0.15) is 17.5 Å². The number of nitrogens with two attached hydrogens (primary N) is 1. The number of hydrogen-bond donors (Lipinski definition) is 2. The Labute approximate surface area is 83.6 Å². The van der Waals surface area contributed by atoms with Crippen LogP contribution in [0.15, 0.2) is 23.6 Å². The van der Waals surface area contributed by atoms with Crippen LogP contribution in [0.2, 0.25) is 5.15 Å². The Morgan fingerprint density at radius 3 is 3.07 bits per heavy atom. The number of fused-ring (bicyclic) bond motifs is 1. The van der Waals surface area contributed by atoms with Crippen LogP contribution in [0.3, 0.4) is 0 Å². The fraction of sp³-hybridized carbons (Fsp3) is 0. The summed E-state index contributed by atoms with van der Waals surface area (Å²) in [5.41, 5.74) is 6.50. The van der Waals surface area contributed by atoms with Crippen LogP contribution in [0.5, 0.6) is 0 Å². The molecule has 2 aromatic heterocycles. The summed E-state index contributed by atoms with van der Waals surface area (Å²) in [6.45, 7) is 0. The van der Waals surface area contributed by atoms with Gasteiger partial charge in [-0.3, -0.25) is 0 Å². The van der Waals surface area contributed by atoms with E-state index in [2.05, 4.69) is 15.2 Å². The third kappa shape index (κ3) is 1.16. The van der Waals surface area contributed by atoms with Gasteiger partial charge in [-0.05, 0) is 12.1 Å². The van der Waals surface area contributed by atoms with E-state index < -0.39 is 0 Å². The zero-order valence-corrected chi connectivity index (χ0v) is 7.68. The van der Waals surface area contributed by atoms with Gasteiger partial charge in [-0.1, -0.05) is 16.8 Å². The fourth-order valence-corrected chi connectivity index (χ4v) is 1.34. The van der Waals surface area contributed by atoms with Crippen molar-refractivity contribution in [2.24, 2.45) is 10.9 Å². The van der Waals surface area contributed by atoms with Crippen molar-refractivity contribution in [2.75, 3.05) is 0 Å². The highest BCUT2D eigenvalue weighted by atomic mass is 35.5. The minimum Gasteiger partial charge on any atom is -0.409 e. The van der Waals surface area contributed by atoms with Gasteiger partial charge in [0.2, 0.25) is 0 Å². The third-order valence-electron chi connectivity index (χ3n) is 1.78. The summed E-state index contributed by atoms with van der Waals surface area (Å²) in [7, 11) is 0. The van der Waals surface area contributed by atoms with Crippen molar-refractivity contribution in [3.05, 3.63) is 29.3 Å². The lowest BCUT2D eigenvalue weighted by Crippen LogP contribution is -2.16. The number of aromatic nitrogens is 3. The first-order valence-electron chi connectivity index (χ1n) is 3.70. The van der Waals surface area contributed by atoms with E-state index in [1.165, 1.54) is 10.8 Å². The maximum Gasteiger partial charge on any atom is 0.188 e. The molecule has 0 aromatic carbocycles. The number of rotatable bonds is 1. The normalized spacial score (nSPS) is 12.2. The summed E-state index contributed by atoms with van der Waals surface area (Å²) in [4.78, 5) is 3.80. The van der Waals surface area contributed by atoms with Crippen LogP contribution in [0.4, 0.5) is 0 Å². The maximum absolute atomic E-state index is 8.51. The molecule has 0 aliphatic heterocycles. The average Bonchev–Trinajstić information content (AvgIpc) is 2.62. The quantitative estimate of drug-likeness (QED) is 0.311. The summed E-state index contributed by atoms with van der Waals surface area (Å²) in [6, 6.07) is 3.33. The molecule has 0 aliphatic rings. The molecule has 0 bridgehead atoms. The van der Waals surface area contributed by atoms with E-state index in [1.807, 2.05) is 0 Å². The van der Waals surface area contributed by atoms with Crippen molar-refractivity contribution < 1.29 is 5.21 Å². The number of hydrogen-bond acceptors (Lipinski definition) is 4. The van der Waals surface area contributed by atoms with Gasteiger partial charge in [0.05, 0.1) is 0 Å². The Balaban J connectivity index is 2.76. The molecule has 0 spiro atoms. The predicted octanol–water partition coefficient (Wildman–Crippen LogP) is 0.477. The molecule has 0 atom stereocenters. The van der Waals surface area contributed by atoms with E-state index in [0.717, 1.165) is 0 Å². The molecule has 0 radical (unpaired) electrons. The second-order valence-corrected chi connectivity index (χ2v) is 2.91. The second-order valence-electron chi connectivity index (χ2n) is 2.55. The first-order chi connectivity index (χ1) is 6.74. The van der Waals surface area contributed by atoms with Crippen LogP contribution >= 0.6 is 11.6 Å². The van der Waals surface area contributed by atoms with Crippen molar-refractivity contribution in [2.45, 2.75) is 0 Å². The molecular formula is C7H6ClN5O. The molecule has 0 saturated carbocycles. The van der Waals surface area contributed by atoms with Gasteiger partial charge < -0.3 is 10.9 Å². The highest BCUT2D eigenvalue weighted by Crippen LogP contribution is 2.15. The Kier molecular flexibility index (Phi) is 1.97. The van der Waals surface area contributed by atoms with Crippen LogP contribution in [0.25, 0.3) is 5.52 Å². The molecule has 7 heteroatoms. The molecule has 0 saturated heterocycles. The van der Waals surface area contributed by atoms with Crippen LogP contribution < -0.4 is 5.73 Å². The number of amidine groups is 1. The van der Waals surface area contributed by atoms with Crippen LogP contribution in [0.1, 0.15) is 5.69 Å². The molecule has 0 aliphatic carbocycles. The topological polar surface area (TPSA) is 88.8 Å². The molecule has 3 N–H and O–H groups in total. The van der Waals surface area contributed by atoms with Crippen molar-refractivity contribution in [3.63, 3.8) is 0 Å². The fourth-order valence-electron chi connectivity index (χ4n) is 1.15. The summed E-state index contributed by atoms with van der Waals surface area (Å²) in [5, 5.41) is 15.6. The molecular weight excluding hydrogens is 206 g/mol. The second kappa shape index (κ2) is 3.15. The lowest BCUT2D eigenvalue weighted by molar-refractivity contribution is 0.318. The summed E-state index contributed by atoms with van der Waals surface area (Å²) >= 11 is 5.80. The number of halogens is 1. The van der Waals surface area contributed by atoms with E-state index in [1.54, 1.807) is 12.1 Å². The first-order valence-corrected chi connectivity index (χ1v) is 4.08. The van der Waals surface area contributed by atoms with Crippen molar-refractivity contribution >= 4 is 23.0 Å². The Morgan fingerprint density at radius 1 is 1.57 bits per heavy atom. The predicted molar refractivity (Wildman–Crippen MR) is 50.5 cm³/mol. The van der Waals surface area contributed by atoms with E-state index in [0.29, 0.717) is 16.4 Å². The Hall–Kier alpha value is -1.82. The summed E-state index contributed by atoms with van der Waals surface area (Å²) < 4.78 is 1.45. The van der Waals surface area contributed by atoms with Gasteiger partial charge in [-0.25, -0.2) is 9.50 Å². The lowest BCUT2D eigenvalue weighted by atomic mass is 10.4. The molecule has 0 amide bonds. The monoisotopic (exact) mass is 211 g/mol. The van der Waals surface area contributed by atoms with Gasteiger partial charge in [0.25, 0.3) is 0 Å². The van der Waals surface area contributed by atoms with Crippen molar-refractivity contribution in [3.8, 4) is 0 Å². The standard InChI is InChI=1S/C7H6ClN5O/c8-6-4-1-2-5(7(9)12-14)13(4)11-3-10-6/h1-3,14H,(H2,9,12). The molecule has 2 aromatic rings. The van der Waals surface area contributed by atoms with Crippen LogP contribution in [0, 0.1) is 0 Å². The van der Waals surface area contributed by atoms with Crippen LogP contribution in [-0.2, 0) is 0 Å². The minimum absolute atomic E-state index is 0.0280. The molecule has 2 rings (SSSR count). The molecule has 6 nitrogen and oxygen atoms in total. The van der Waals surface area contributed by atoms with E-state index in [4.69, 9.17) is 22.5 Å². The van der Waals surface area contributed by atoms with Crippen molar-refractivity contribution in [1.29, 1.82) is 0 Å². The van der Waals surface area contributed by atoms with E-state index >= 15 is 0 Å². The number of oxime groups is 1. The average molecular weight is 212 g/mol. The SMILES string of the molecule is N/C(=N/O)c1ccc2c(Cl)ncnn12. The van der Waals surface area contributed by atoms with Gasteiger partial charge in [0.15, 0.2) is 11.0 Å². The number of nitrogens with zero attached hydrogens (tertiary/aromatic N) is 4. The first kappa shape index (κ1) is 8.76. The maximum atomic E-state index is 8.51. The third-order valence-corrected chi connectivity index (χ3v) is 2.07. The van der Waals surface area contributed by atoms with Gasteiger partial charge in [0, 0.05) is 0 Å². The van der Waals surface area contributed by atoms with Crippen LogP contribution in [-0.4, -0.2) is 25.6 Å². The van der Waals surface area contributed by atoms with Gasteiger partial charge in [-0.2, -0.15) is 5.10 Å². The smallest absolute Gasteiger partial charge is 0.188 e. The van der Waals surface area contributed by atoms with Gasteiger partial charge >= 0.3 is 0 Å².